The molecular weight excluding hydrogens is 522 g/mol. The van der Waals surface area contributed by atoms with Crippen LogP contribution in [-0.2, 0) is 26.2 Å². The highest BCUT2D eigenvalue weighted by atomic mass is 35.5. The SMILES string of the molecule is CCC(C(=O)NC(C)C)N(Cc1ccccc1)C(=O)CN(c1ccccc1Cl)S(=O)(=O)c1ccc(C)cc1. The number of nitrogens with zero attached hydrogens (tertiary/aromatic N) is 2. The Morgan fingerprint density at radius 1 is 0.921 bits per heavy atom. The average molecular weight is 556 g/mol. The molecule has 3 rings (SSSR count). The van der Waals surface area contributed by atoms with E-state index in [2.05, 4.69) is 5.32 Å². The number of hydrogen-bond acceptors (Lipinski definition) is 4. The minimum atomic E-state index is -4.17. The molecule has 0 radical (unpaired) electrons. The maximum atomic E-state index is 14.0. The van der Waals surface area contributed by atoms with Gasteiger partial charge >= 0.3 is 0 Å². The lowest BCUT2D eigenvalue weighted by molar-refractivity contribution is -0.140. The van der Waals surface area contributed by atoms with Crippen LogP contribution in [0.5, 0.6) is 0 Å². The quantitative estimate of drug-likeness (QED) is 0.353. The van der Waals surface area contributed by atoms with Crippen molar-refractivity contribution in [3.05, 3.63) is 95.0 Å². The van der Waals surface area contributed by atoms with E-state index in [0.29, 0.717) is 6.42 Å². The molecule has 1 unspecified atom stereocenters. The van der Waals surface area contributed by atoms with Crippen LogP contribution in [0.4, 0.5) is 5.69 Å². The second-order valence-corrected chi connectivity index (χ2v) is 11.6. The normalized spacial score (nSPS) is 12.2. The van der Waals surface area contributed by atoms with Crippen molar-refractivity contribution in [1.82, 2.24) is 10.2 Å². The van der Waals surface area contributed by atoms with Crippen molar-refractivity contribution in [2.24, 2.45) is 0 Å². The number of nitrogens with one attached hydrogen (secondary N) is 1. The van der Waals surface area contributed by atoms with Gasteiger partial charge in [0.2, 0.25) is 11.8 Å². The van der Waals surface area contributed by atoms with E-state index in [9.17, 15) is 18.0 Å². The summed E-state index contributed by atoms with van der Waals surface area (Å²) in [7, 11) is -4.17. The van der Waals surface area contributed by atoms with Crippen LogP contribution in [-0.4, -0.2) is 43.8 Å². The lowest BCUT2D eigenvalue weighted by Crippen LogP contribution is -2.53. The number of hydrogen-bond donors (Lipinski definition) is 1. The van der Waals surface area contributed by atoms with Crippen LogP contribution in [0.3, 0.4) is 0 Å². The van der Waals surface area contributed by atoms with Gasteiger partial charge in [0, 0.05) is 12.6 Å². The maximum absolute atomic E-state index is 14.0. The summed E-state index contributed by atoms with van der Waals surface area (Å²) in [5, 5.41) is 3.07. The predicted octanol–water partition coefficient (Wildman–Crippen LogP) is 5.18. The highest BCUT2D eigenvalue weighted by Gasteiger charge is 2.34. The molecule has 202 valence electrons. The van der Waals surface area contributed by atoms with E-state index in [-0.39, 0.29) is 34.1 Å². The molecule has 0 aliphatic rings. The van der Waals surface area contributed by atoms with E-state index < -0.39 is 28.5 Å². The fraction of sp³-hybridized carbons (Fsp3) is 0.310. The lowest BCUT2D eigenvalue weighted by atomic mass is 10.1. The van der Waals surface area contributed by atoms with Gasteiger partial charge in [0.1, 0.15) is 12.6 Å². The molecule has 0 heterocycles. The van der Waals surface area contributed by atoms with Gasteiger partial charge in [0.05, 0.1) is 15.6 Å². The molecule has 0 bridgehead atoms. The monoisotopic (exact) mass is 555 g/mol. The van der Waals surface area contributed by atoms with E-state index in [4.69, 9.17) is 11.6 Å². The van der Waals surface area contributed by atoms with Gasteiger partial charge in [-0.25, -0.2) is 8.42 Å². The van der Waals surface area contributed by atoms with Crippen molar-refractivity contribution >= 4 is 39.1 Å². The van der Waals surface area contributed by atoms with Crippen LogP contribution >= 0.6 is 11.6 Å². The molecule has 3 aromatic carbocycles. The fourth-order valence-corrected chi connectivity index (χ4v) is 5.81. The molecule has 0 saturated carbocycles. The molecule has 9 heteroatoms. The number of sulfonamides is 1. The molecule has 0 aliphatic heterocycles. The number of carbonyl (C=O) groups excluding carboxylic acids is 2. The van der Waals surface area contributed by atoms with E-state index >= 15 is 0 Å². The Bertz CT molecular complexity index is 1350. The number of aryl methyl sites for hydroxylation is 1. The van der Waals surface area contributed by atoms with Crippen molar-refractivity contribution in [3.8, 4) is 0 Å². The summed E-state index contributed by atoms with van der Waals surface area (Å²) in [6.07, 6.45) is 0.355. The largest absolute Gasteiger partial charge is 0.352 e. The summed E-state index contributed by atoms with van der Waals surface area (Å²) in [5.41, 5.74) is 1.91. The van der Waals surface area contributed by atoms with Crippen molar-refractivity contribution in [2.75, 3.05) is 10.8 Å². The van der Waals surface area contributed by atoms with Crippen LogP contribution in [0.2, 0.25) is 5.02 Å². The zero-order valence-electron chi connectivity index (χ0n) is 22.1. The summed E-state index contributed by atoms with van der Waals surface area (Å²) in [6, 6.07) is 21.3. The summed E-state index contributed by atoms with van der Waals surface area (Å²) in [5.74, 6) is -0.812. The molecule has 3 aromatic rings. The number of rotatable bonds is 11. The Labute approximate surface area is 230 Å². The number of amides is 2. The molecule has 0 aromatic heterocycles. The Morgan fingerprint density at radius 3 is 2.11 bits per heavy atom. The molecule has 2 amide bonds. The number of benzene rings is 3. The third-order valence-electron chi connectivity index (χ3n) is 6.02. The standard InChI is InChI=1S/C29H34ClN3O4S/c1-5-26(29(35)31-21(2)3)32(19-23-11-7-6-8-12-23)28(34)20-33(27-14-10-9-13-25(27)30)38(36,37)24-17-15-22(4)16-18-24/h6-18,21,26H,5,19-20H2,1-4H3,(H,31,35). The Morgan fingerprint density at radius 2 is 1.53 bits per heavy atom. The van der Waals surface area contributed by atoms with Crippen LogP contribution in [0.15, 0.2) is 83.8 Å². The third kappa shape index (κ3) is 7.14. The van der Waals surface area contributed by atoms with Crippen molar-refractivity contribution in [1.29, 1.82) is 0 Å². The van der Waals surface area contributed by atoms with Crippen molar-refractivity contribution < 1.29 is 18.0 Å². The van der Waals surface area contributed by atoms with Crippen LogP contribution in [0.25, 0.3) is 0 Å². The maximum Gasteiger partial charge on any atom is 0.264 e. The molecule has 0 saturated heterocycles. The zero-order valence-corrected chi connectivity index (χ0v) is 23.7. The molecule has 0 spiro atoms. The van der Waals surface area contributed by atoms with E-state index in [1.807, 2.05) is 58.0 Å². The predicted molar refractivity (Wildman–Crippen MR) is 152 cm³/mol. The van der Waals surface area contributed by atoms with Gasteiger partial charge in [-0.05, 0) is 57.0 Å². The topological polar surface area (TPSA) is 86.8 Å². The minimum absolute atomic E-state index is 0.0371. The molecule has 1 atom stereocenters. The number of para-hydroxylation sites is 1. The summed E-state index contributed by atoms with van der Waals surface area (Å²) in [6.45, 7) is 7.00. The van der Waals surface area contributed by atoms with Gasteiger partial charge < -0.3 is 10.2 Å². The van der Waals surface area contributed by atoms with E-state index in [1.165, 1.54) is 17.0 Å². The number of halogens is 1. The first kappa shape index (κ1) is 29.2. The molecule has 1 N–H and O–H groups in total. The molecule has 7 nitrogen and oxygen atoms in total. The van der Waals surface area contributed by atoms with E-state index in [0.717, 1.165) is 15.4 Å². The van der Waals surface area contributed by atoms with E-state index in [1.54, 1.807) is 36.4 Å². The first-order chi connectivity index (χ1) is 18.0. The fourth-order valence-electron chi connectivity index (χ4n) is 4.09. The van der Waals surface area contributed by atoms with Crippen LogP contribution < -0.4 is 9.62 Å². The third-order valence-corrected chi connectivity index (χ3v) is 8.12. The Kier molecular flexibility index (Phi) is 9.94. The van der Waals surface area contributed by atoms with Gasteiger partial charge in [-0.15, -0.1) is 0 Å². The molecule has 38 heavy (non-hydrogen) atoms. The number of anilines is 1. The van der Waals surface area contributed by atoms with Crippen LogP contribution in [0.1, 0.15) is 38.3 Å². The molecule has 0 fully saturated rings. The second kappa shape index (κ2) is 12.9. The van der Waals surface area contributed by atoms with Gasteiger partial charge in [0.25, 0.3) is 10.0 Å². The van der Waals surface area contributed by atoms with Gasteiger partial charge in [-0.3, -0.25) is 13.9 Å². The summed E-state index contributed by atoms with van der Waals surface area (Å²) >= 11 is 6.43. The zero-order chi connectivity index (χ0) is 27.9. The lowest BCUT2D eigenvalue weighted by Gasteiger charge is -2.33. The van der Waals surface area contributed by atoms with Crippen LogP contribution in [0, 0.1) is 6.92 Å². The summed E-state index contributed by atoms with van der Waals surface area (Å²) in [4.78, 5) is 28.6. The minimum Gasteiger partial charge on any atom is -0.352 e. The second-order valence-electron chi connectivity index (χ2n) is 9.37. The summed E-state index contributed by atoms with van der Waals surface area (Å²) < 4.78 is 28.7. The molecule has 0 aliphatic carbocycles. The van der Waals surface area contributed by atoms with Gasteiger partial charge in [0.15, 0.2) is 0 Å². The highest BCUT2D eigenvalue weighted by molar-refractivity contribution is 7.92. The van der Waals surface area contributed by atoms with Gasteiger partial charge in [-0.2, -0.15) is 0 Å². The Hall–Kier alpha value is -3.36. The molecular formula is C29H34ClN3O4S. The first-order valence-electron chi connectivity index (χ1n) is 12.5. The Balaban J connectivity index is 2.06. The highest BCUT2D eigenvalue weighted by Crippen LogP contribution is 2.31. The van der Waals surface area contributed by atoms with Crippen molar-refractivity contribution in [2.45, 2.75) is 57.6 Å². The average Bonchev–Trinajstić information content (AvgIpc) is 2.88. The van der Waals surface area contributed by atoms with Crippen molar-refractivity contribution in [3.63, 3.8) is 0 Å². The number of carbonyl (C=O) groups is 2. The first-order valence-corrected chi connectivity index (χ1v) is 14.3. The smallest absolute Gasteiger partial charge is 0.264 e. The van der Waals surface area contributed by atoms with Gasteiger partial charge in [-0.1, -0.05) is 78.7 Å².